The Morgan fingerprint density at radius 1 is 0.974 bits per heavy atom. The number of carbonyl (C=O) groups excluding carboxylic acids is 1. The number of nitrogens with one attached hydrogen (secondary N) is 1. The molecule has 2 heterocycles. The van der Waals surface area contributed by atoms with Gasteiger partial charge in [-0.15, -0.1) is 0 Å². The molecule has 1 aliphatic rings. The fourth-order valence-electron chi connectivity index (χ4n) is 5.20. The van der Waals surface area contributed by atoms with E-state index >= 15 is 0 Å². The van der Waals surface area contributed by atoms with Gasteiger partial charge in [0, 0.05) is 31.7 Å². The van der Waals surface area contributed by atoms with Crippen molar-refractivity contribution < 1.29 is 9.53 Å². The summed E-state index contributed by atoms with van der Waals surface area (Å²) in [7, 11) is 1.68. The Kier molecular flexibility index (Phi) is 10.4. The average Bonchev–Trinajstić information content (AvgIpc) is 3.59. The second kappa shape index (κ2) is 14.2. The molecule has 0 saturated carbocycles. The second-order valence-corrected chi connectivity index (χ2v) is 10.4. The molecule has 1 N–H and O–H groups in total. The fourth-order valence-corrected chi connectivity index (χ4v) is 5.20. The number of aromatic nitrogens is 2. The van der Waals surface area contributed by atoms with Crippen LogP contribution in [0.5, 0.6) is 5.75 Å². The summed E-state index contributed by atoms with van der Waals surface area (Å²) in [5.41, 5.74) is 3.88. The Balaban J connectivity index is 1.57. The third kappa shape index (κ3) is 7.28. The van der Waals surface area contributed by atoms with Gasteiger partial charge in [-0.1, -0.05) is 38.8 Å². The van der Waals surface area contributed by atoms with Gasteiger partial charge in [-0.05, 0) is 87.6 Å². The van der Waals surface area contributed by atoms with Gasteiger partial charge in [0.1, 0.15) is 5.75 Å². The number of fused-ring (bicyclic) bond motifs is 1. The number of hydrogen-bond donors (Lipinski definition) is 1. The zero-order chi connectivity index (χ0) is 26.7. The van der Waals surface area contributed by atoms with Crippen LogP contribution in [0, 0.1) is 0 Å². The maximum Gasteiger partial charge on any atom is 0.253 e. The van der Waals surface area contributed by atoms with E-state index in [1.165, 1.54) is 31.5 Å². The van der Waals surface area contributed by atoms with Gasteiger partial charge in [-0.2, -0.15) is 0 Å². The molecule has 206 valence electrons. The van der Waals surface area contributed by atoms with Crippen LogP contribution in [0.25, 0.3) is 11.0 Å². The van der Waals surface area contributed by atoms with E-state index in [0.717, 1.165) is 86.6 Å². The number of ether oxygens (including phenoxy) is 1. The quantitative estimate of drug-likeness (QED) is 0.260. The number of benzene rings is 2. The number of hydrogen-bond acceptors (Lipinski definition) is 5. The summed E-state index contributed by atoms with van der Waals surface area (Å²) in [5, 5.41) is 3.56. The van der Waals surface area contributed by atoms with Crippen molar-refractivity contribution >= 4 is 22.9 Å². The minimum Gasteiger partial charge on any atom is -0.497 e. The molecule has 0 aliphatic carbocycles. The minimum atomic E-state index is 0.131. The lowest BCUT2D eigenvalue weighted by Crippen LogP contribution is -2.33. The number of methoxy groups -OCH3 is 1. The molecule has 1 fully saturated rings. The third-order valence-electron chi connectivity index (χ3n) is 7.51. The van der Waals surface area contributed by atoms with Crippen LogP contribution in [0.4, 0.5) is 5.95 Å². The van der Waals surface area contributed by atoms with Crippen molar-refractivity contribution in [2.45, 2.75) is 71.9 Å². The molecular weight excluding hydrogens is 474 g/mol. The van der Waals surface area contributed by atoms with Crippen LogP contribution in [0.1, 0.15) is 74.7 Å². The molecule has 1 saturated heterocycles. The molecule has 0 spiro atoms. The Morgan fingerprint density at radius 3 is 2.34 bits per heavy atom. The van der Waals surface area contributed by atoms with Gasteiger partial charge in [0.25, 0.3) is 5.91 Å². The number of unbranched alkanes of at least 4 members (excludes halogenated alkanes) is 2. The van der Waals surface area contributed by atoms with E-state index < -0.39 is 0 Å². The third-order valence-corrected chi connectivity index (χ3v) is 7.51. The van der Waals surface area contributed by atoms with E-state index in [4.69, 9.17) is 9.72 Å². The SMILES string of the molecule is CCCCN(CCCC)C(=O)c1ccc2nc(NCc3ccc(OC)cc3)n(CCCN3CCCC3)c2c1. The van der Waals surface area contributed by atoms with Gasteiger partial charge in [-0.25, -0.2) is 4.98 Å². The van der Waals surface area contributed by atoms with Gasteiger partial charge in [0.05, 0.1) is 18.1 Å². The first kappa shape index (κ1) is 28.0. The summed E-state index contributed by atoms with van der Waals surface area (Å²) < 4.78 is 7.57. The number of rotatable bonds is 15. The maximum absolute atomic E-state index is 13.5. The number of likely N-dealkylation sites (tertiary alicyclic amines) is 1. The zero-order valence-corrected chi connectivity index (χ0v) is 23.5. The van der Waals surface area contributed by atoms with Gasteiger partial charge in [-0.3, -0.25) is 4.79 Å². The molecule has 0 bridgehead atoms. The first-order valence-corrected chi connectivity index (χ1v) is 14.5. The summed E-state index contributed by atoms with van der Waals surface area (Å²) >= 11 is 0. The predicted molar refractivity (Wildman–Crippen MR) is 156 cm³/mol. The highest BCUT2D eigenvalue weighted by Gasteiger charge is 2.19. The number of anilines is 1. The van der Waals surface area contributed by atoms with Crippen LogP contribution in [-0.4, -0.2) is 65.1 Å². The Labute approximate surface area is 228 Å². The summed E-state index contributed by atoms with van der Waals surface area (Å²) in [6.45, 7) is 11.0. The van der Waals surface area contributed by atoms with Gasteiger partial charge < -0.3 is 24.4 Å². The van der Waals surface area contributed by atoms with Gasteiger partial charge in [0.2, 0.25) is 5.95 Å². The van der Waals surface area contributed by atoms with Crippen molar-refractivity contribution in [2.24, 2.45) is 0 Å². The standard InChI is InChI=1S/C31H45N5O2/c1-4-6-20-35(21-7-5-2)30(37)26-13-16-28-29(23-26)36(22-10-19-34-17-8-9-18-34)31(33-28)32-24-25-11-14-27(38-3)15-12-25/h11-16,23H,4-10,17-22,24H2,1-3H3,(H,32,33). The van der Waals surface area contributed by atoms with E-state index in [0.29, 0.717) is 6.54 Å². The smallest absolute Gasteiger partial charge is 0.253 e. The summed E-state index contributed by atoms with van der Waals surface area (Å²) in [6, 6.07) is 14.1. The van der Waals surface area contributed by atoms with Crippen molar-refractivity contribution in [3.63, 3.8) is 0 Å². The summed E-state index contributed by atoms with van der Waals surface area (Å²) in [6.07, 6.45) is 7.91. The fraction of sp³-hybridized carbons (Fsp3) is 0.548. The Morgan fingerprint density at radius 2 is 1.68 bits per heavy atom. The molecule has 38 heavy (non-hydrogen) atoms. The number of aryl methyl sites for hydroxylation is 1. The van der Waals surface area contributed by atoms with Gasteiger partial charge >= 0.3 is 0 Å². The summed E-state index contributed by atoms with van der Waals surface area (Å²) in [5.74, 6) is 1.84. The highest BCUT2D eigenvalue weighted by atomic mass is 16.5. The monoisotopic (exact) mass is 519 g/mol. The molecule has 0 unspecified atom stereocenters. The predicted octanol–water partition coefficient (Wildman–Crippen LogP) is 6.19. The van der Waals surface area contributed by atoms with E-state index in [-0.39, 0.29) is 5.91 Å². The van der Waals surface area contributed by atoms with E-state index in [2.05, 4.69) is 46.8 Å². The van der Waals surface area contributed by atoms with Crippen LogP contribution in [0.15, 0.2) is 42.5 Å². The average molecular weight is 520 g/mol. The first-order valence-electron chi connectivity index (χ1n) is 14.5. The molecule has 7 nitrogen and oxygen atoms in total. The topological polar surface area (TPSA) is 62.6 Å². The number of imidazole rings is 1. The molecule has 1 aliphatic heterocycles. The first-order chi connectivity index (χ1) is 18.6. The molecule has 4 rings (SSSR count). The maximum atomic E-state index is 13.5. The lowest BCUT2D eigenvalue weighted by atomic mass is 10.1. The molecule has 7 heteroatoms. The highest BCUT2D eigenvalue weighted by Crippen LogP contribution is 2.24. The molecule has 2 aromatic carbocycles. The van der Waals surface area contributed by atoms with Crippen LogP contribution < -0.4 is 10.1 Å². The van der Waals surface area contributed by atoms with Crippen molar-refractivity contribution in [2.75, 3.05) is 45.2 Å². The zero-order valence-electron chi connectivity index (χ0n) is 23.5. The molecule has 0 atom stereocenters. The van der Waals surface area contributed by atoms with Crippen LogP contribution in [-0.2, 0) is 13.1 Å². The molecule has 1 amide bonds. The lowest BCUT2D eigenvalue weighted by molar-refractivity contribution is 0.0751. The highest BCUT2D eigenvalue weighted by molar-refractivity contribution is 5.97. The number of amides is 1. The molecule has 0 radical (unpaired) electrons. The van der Waals surface area contributed by atoms with Crippen LogP contribution >= 0.6 is 0 Å². The molecular formula is C31H45N5O2. The van der Waals surface area contributed by atoms with Crippen LogP contribution in [0.3, 0.4) is 0 Å². The molecule has 3 aromatic rings. The van der Waals surface area contributed by atoms with E-state index in [1.807, 2.05) is 29.2 Å². The number of carbonyl (C=O) groups is 1. The van der Waals surface area contributed by atoms with E-state index in [9.17, 15) is 4.79 Å². The van der Waals surface area contributed by atoms with Crippen molar-refractivity contribution in [3.8, 4) is 5.75 Å². The largest absolute Gasteiger partial charge is 0.497 e. The Hall–Kier alpha value is -3.06. The van der Waals surface area contributed by atoms with Crippen molar-refractivity contribution in [1.82, 2.24) is 19.4 Å². The second-order valence-electron chi connectivity index (χ2n) is 10.4. The van der Waals surface area contributed by atoms with E-state index in [1.54, 1.807) is 7.11 Å². The lowest BCUT2D eigenvalue weighted by Gasteiger charge is -2.22. The van der Waals surface area contributed by atoms with Crippen molar-refractivity contribution in [3.05, 3.63) is 53.6 Å². The van der Waals surface area contributed by atoms with Gasteiger partial charge in [0.15, 0.2) is 0 Å². The summed E-state index contributed by atoms with van der Waals surface area (Å²) in [4.78, 5) is 23.1. The van der Waals surface area contributed by atoms with Crippen LogP contribution in [0.2, 0.25) is 0 Å². The molecule has 1 aromatic heterocycles. The number of nitrogens with zero attached hydrogens (tertiary/aromatic N) is 4. The minimum absolute atomic E-state index is 0.131. The van der Waals surface area contributed by atoms with Crippen molar-refractivity contribution in [1.29, 1.82) is 0 Å². The normalized spacial score (nSPS) is 13.8. The Bertz CT molecular complexity index is 1140.